The molecule has 1 heterocycles. The molecule has 0 spiro atoms. The molecule has 2 aromatic rings. The van der Waals surface area contributed by atoms with E-state index in [1.807, 2.05) is 0 Å². The van der Waals surface area contributed by atoms with Crippen molar-refractivity contribution in [3.63, 3.8) is 0 Å². The van der Waals surface area contributed by atoms with E-state index in [0.29, 0.717) is 16.0 Å². The number of nitrogen functional groups attached to an aromatic ring is 1. The average Bonchev–Trinajstić information content (AvgIpc) is 2.86. The molecule has 0 saturated carbocycles. The summed E-state index contributed by atoms with van der Waals surface area (Å²) in [4.78, 5) is 23.2. The second-order valence-electron chi connectivity index (χ2n) is 5.15. The van der Waals surface area contributed by atoms with Crippen LogP contribution in [0.4, 0.5) is 4.79 Å². The molecule has 0 radical (unpaired) electrons. The minimum atomic E-state index is -0.535. The van der Waals surface area contributed by atoms with Gasteiger partial charge in [-0.2, -0.15) is 0 Å². The fourth-order valence-electron chi connectivity index (χ4n) is 1.76. The molecule has 0 aliphatic heterocycles. The minimum Gasteiger partial charge on any atom is -0.336 e. The van der Waals surface area contributed by atoms with E-state index in [4.69, 9.17) is 17.4 Å². The van der Waals surface area contributed by atoms with Crippen molar-refractivity contribution in [1.82, 2.24) is 25.5 Å². The number of imide groups is 1. The monoisotopic (exact) mass is 368 g/mol. The molecule has 2 rings (SSSR count). The van der Waals surface area contributed by atoms with Crippen molar-refractivity contribution in [1.29, 1.82) is 0 Å². The summed E-state index contributed by atoms with van der Waals surface area (Å²) in [6.45, 7) is 3.60. The van der Waals surface area contributed by atoms with Crippen molar-refractivity contribution in [3.05, 3.63) is 29.3 Å². The molecule has 0 unspecified atom stereocenters. The van der Waals surface area contributed by atoms with Crippen LogP contribution in [0.1, 0.15) is 13.8 Å². The van der Waals surface area contributed by atoms with Gasteiger partial charge in [-0.25, -0.2) is 9.47 Å². The number of thioether (sulfide) groups is 1. The maximum Gasteiger partial charge on any atom is 0.321 e. The third-order valence-corrected chi connectivity index (χ3v) is 3.97. The van der Waals surface area contributed by atoms with E-state index in [1.165, 1.54) is 4.68 Å². The van der Waals surface area contributed by atoms with Gasteiger partial charge in [-0.3, -0.25) is 10.1 Å². The number of hydrogen-bond donors (Lipinski definition) is 3. The standard InChI is InChI=1S/C14H17ClN6O2S/c1-8(2)17-13(23)18-11(22)7-24-14-20-19-12(21(14)16)9-3-5-10(15)6-4-9/h3-6,8H,7,16H2,1-2H3,(H2,17,18,22,23). The van der Waals surface area contributed by atoms with Crippen LogP contribution in [0.15, 0.2) is 29.4 Å². The number of amides is 3. The SMILES string of the molecule is CC(C)NC(=O)NC(=O)CSc1nnc(-c2ccc(Cl)cc2)n1N. The number of carbonyl (C=O) groups excluding carboxylic acids is 2. The highest BCUT2D eigenvalue weighted by Gasteiger charge is 2.15. The van der Waals surface area contributed by atoms with E-state index >= 15 is 0 Å². The van der Waals surface area contributed by atoms with Crippen molar-refractivity contribution < 1.29 is 9.59 Å². The van der Waals surface area contributed by atoms with Gasteiger partial charge >= 0.3 is 6.03 Å². The van der Waals surface area contributed by atoms with Crippen molar-refractivity contribution in [2.45, 2.75) is 25.0 Å². The lowest BCUT2D eigenvalue weighted by Crippen LogP contribution is -2.43. The van der Waals surface area contributed by atoms with Gasteiger partial charge in [0.1, 0.15) is 0 Å². The number of urea groups is 1. The summed E-state index contributed by atoms with van der Waals surface area (Å²) >= 11 is 6.93. The number of hydrogen-bond acceptors (Lipinski definition) is 6. The van der Waals surface area contributed by atoms with E-state index < -0.39 is 11.9 Å². The second kappa shape index (κ2) is 8.02. The number of nitrogens with two attached hydrogens (primary N) is 1. The number of rotatable bonds is 5. The van der Waals surface area contributed by atoms with Crippen LogP contribution in [-0.2, 0) is 4.79 Å². The second-order valence-corrected chi connectivity index (χ2v) is 6.53. The van der Waals surface area contributed by atoms with Crippen LogP contribution < -0.4 is 16.5 Å². The Labute approximate surface area is 148 Å². The molecular formula is C14H17ClN6O2S. The Bertz CT molecular complexity index is 731. The molecule has 3 amide bonds. The highest BCUT2D eigenvalue weighted by Crippen LogP contribution is 2.22. The topological polar surface area (TPSA) is 115 Å². The van der Waals surface area contributed by atoms with E-state index in [0.717, 1.165) is 17.3 Å². The molecule has 0 aliphatic rings. The van der Waals surface area contributed by atoms with Crippen molar-refractivity contribution in [2.75, 3.05) is 11.6 Å². The third-order valence-electron chi connectivity index (χ3n) is 2.77. The summed E-state index contributed by atoms with van der Waals surface area (Å²) in [6, 6.07) is 6.39. The smallest absolute Gasteiger partial charge is 0.321 e. The zero-order valence-electron chi connectivity index (χ0n) is 13.1. The Morgan fingerprint density at radius 2 is 1.96 bits per heavy atom. The summed E-state index contributed by atoms with van der Waals surface area (Å²) in [7, 11) is 0. The fraction of sp³-hybridized carbons (Fsp3) is 0.286. The van der Waals surface area contributed by atoms with Crippen LogP contribution in [0.25, 0.3) is 11.4 Å². The van der Waals surface area contributed by atoms with E-state index in [-0.39, 0.29) is 11.8 Å². The molecule has 0 bridgehead atoms. The van der Waals surface area contributed by atoms with Crippen molar-refractivity contribution >= 4 is 35.3 Å². The summed E-state index contributed by atoms with van der Waals surface area (Å²) in [6.07, 6.45) is 0. The number of carbonyl (C=O) groups is 2. The van der Waals surface area contributed by atoms with Gasteiger partial charge in [-0.05, 0) is 38.1 Å². The van der Waals surface area contributed by atoms with E-state index in [9.17, 15) is 9.59 Å². The zero-order chi connectivity index (χ0) is 17.7. The first-order chi connectivity index (χ1) is 11.4. The largest absolute Gasteiger partial charge is 0.336 e. The molecule has 0 aliphatic carbocycles. The van der Waals surface area contributed by atoms with Crippen LogP contribution in [0.2, 0.25) is 5.02 Å². The van der Waals surface area contributed by atoms with Gasteiger partial charge in [0.05, 0.1) is 5.75 Å². The Balaban J connectivity index is 1.95. The number of nitrogens with zero attached hydrogens (tertiary/aromatic N) is 3. The number of aromatic nitrogens is 3. The van der Waals surface area contributed by atoms with Gasteiger partial charge in [0.15, 0.2) is 5.82 Å². The maximum absolute atomic E-state index is 11.7. The van der Waals surface area contributed by atoms with Gasteiger partial charge < -0.3 is 11.2 Å². The van der Waals surface area contributed by atoms with E-state index in [2.05, 4.69) is 20.8 Å². The minimum absolute atomic E-state index is 0.0124. The third kappa shape index (κ3) is 4.87. The molecule has 8 nitrogen and oxygen atoms in total. The first-order valence-corrected chi connectivity index (χ1v) is 8.42. The first kappa shape index (κ1) is 18.1. The molecule has 24 heavy (non-hydrogen) atoms. The molecule has 10 heteroatoms. The Morgan fingerprint density at radius 1 is 1.29 bits per heavy atom. The molecule has 128 valence electrons. The molecule has 0 fully saturated rings. The predicted molar refractivity (Wildman–Crippen MR) is 93.2 cm³/mol. The van der Waals surface area contributed by atoms with Gasteiger partial charge in [0.2, 0.25) is 11.1 Å². The average molecular weight is 369 g/mol. The number of benzene rings is 1. The quantitative estimate of drug-likeness (QED) is 0.546. The van der Waals surface area contributed by atoms with Gasteiger partial charge in [0, 0.05) is 16.6 Å². The lowest BCUT2D eigenvalue weighted by atomic mass is 10.2. The molecule has 1 aromatic carbocycles. The first-order valence-electron chi connectivity index (χ1n) is 7.06. The molecule has 4 N–H and O–H groups in total. The molecule has 0 saturated heterocycles. The molecule has 0 atom stereocenters. The summed E-state index contributed by atoms with van der Waals surface area (Å²) in [5, 5.41) is 13.7. The lowest BCUT2D eigenvalue weighted by Gasteiger charge is -2.08. The maximum atomic E-state index is 11.7. The van der Waals surface area contributed by atoms with Gasteiger partial charge in [-0.15, -0.1) is 10.2 Å². The van der Waals surface area contributed by atoms with Gasteiger partial charge in [-0.1, -0.05) is 23.4 Å². The fourth-order valence-corrected chi connectivity index (χ4v) is 2.54. The van der Waals surface area contributed by atoms with Crippen molar-refractivity contribution in [3.8, 4) is 11.4 Å². The lowest BCUT2D eigenvalue weighted by molar-refractivity contribution is -0.117. The highest BCUT2D eigenvalue weighted by atomic mass is 35.5. The van der Waals surface area contributed by atoms with Crippen LogP contribution in [0, 0.1) is 0 Å². The highest BCUT2D eigenvalue weighted by molar-refractivity contribution is 7.99. The number of halogens is 1. The Morgan fingerprint density at radius 3 is 2.58 bits per heavy atom. The number of nitrogens with one attached hydrogen (secondary N) is 2. The van der Waals surface area contributed by atoms with Crippen molar-refractivity contribution in [2.24, 2.45) is 0 Å². The predicted octanol–water partition coefficient (Wildman–Crippen LogP) is 1.64. The van der Waals surface area contributed by atoms with E-state index in [1.54, 1.807) is 38.1 Å². The van der Waals surface area contributed by atoms with Crippen LogP contribution in [-0.4, -0.2) is 38.6 Å². The zero-order valence-corrected chi connectivity index (χ0v) is 14.7. The van der Waals surface area contributed by atoms with Gasteiger partial charge in [0.25, 0.3) is 0 Å². The normalized spacial score (nSPS) is 10.7. The summed E-state index contributed by atoms with van der Waals surface area (Å²) in [5.41, 5.74) is 0.752. The molecular weight excluding hydrogens is 352 g/mol. The van der Waals surface area contributed by atoms with Crippen LogP contribution in [0.5, 0.6) is 0 Å². The Hall–Kier alpha value is -2.26. The van der Waals surface area contributed by atoms with Crippen LogP contribution >= 0.6 is 23.4 Å². The Kier molecular flexibility index (Phi) is 6.04. The summed E-state index contributed by atoms with van der Waals surface area (Å²) < 4.78 is 1.29. The molecule has 1 aromatic heterocycles. The van der Waals surface area contributed by atoms with Crippen LogP contribution in [0.3, 0.4) is 0 Å². The summed E-state index contributed by atoms with van der Waals surface area (Å²) in [5.74, 6) is 5.94.